The van der Waals surface area contributed by atoms with Crippen LogP contribution >= 0.6 is 0 Å². The summed E-state index contributed by atoms with van der Waals surface area (Å²) in [7, 11) is 1.67. The van der Waals surface area contributed by atoms with E-state index in [9.17, 15) is 9.59 Å². The molecule has 2 rings (SSSR count). The van der Waals surface area contributed by atoms with Crippen molar-refractivity contribution in [3.8, 4) is 11.6 Å². The predicted octanol–water partition coefficient (Wildman–Crippen LogP) is 2.50. The fourth-order valence-electron chi connectivity index (χ4n) is 2.29. The van der Waals surface area contributed by atoms with Crippen molar-refractivity contribution < 1.29 is 14.1 Å². The Labute approximate surface area is 158 Å². The van der Waals surface area contributed by atoms with Crippen molar-refractivity contribution >= 4 is 6.09 Å². The number of likely N-dealkylation sites (N-methyl/N-ethyl adjacent to an activating group) is 1. The molecule has 0 bridgehead atoms. The molecule has 1 amide bonds. The van der Waals surface area contributed by atoms with Gasteiger partial charge in [-0.05, 0) is 40.2 Å². The van der Waals surface area contributed by atoms with Crippen molar-refractivity contribution in [1.29, 1.82) is 0 Å². The SMILES string of the molecule is CCCn1nc(-c2nc(C[C@@H](C)N(C)C(=O)OC(C)(C)C)no2)ccc1=O. The van der Waals surface area contributed by atoms with E-state index in [2.05, 4.69) is 15.2 Å². The van der Waals surface area contributed by atoms with E-state index in [0.29, 0.717) is 24.5 Å². The molecule has 27 heavy (non-hydrogen) atoms. The van der Waals surface area contributed by atoms with Gasteiger partial charge in [0.05, 0.1) is 0 Å². The minimum atomic E-state index is -0.558. The second-order valence-corrected chi connectivity index (χ2v) is 7.44. The third-order valence-electron chi connectivity index (χ3n) is 3.81. The second kappa shape index (κ2) is 8.32. The lowest BCUT2D eigenvalue weighted by Gasteiger charge is -2.28. The number of carbonyl (C=O) groups is 1. The zero-order valence-electron chi connectivity index (χ0n) is 16.7. The number of hydrogen-bond donors (Lipinski definition) is 0. The molecule has 0 spiro atoms. The van der Waals surface area contributed by atoms with Crippen LogP contribution in [0.2, 0.25) is 0 Å². The molecule has 2 aromatic rings. The van der Waals surface area contributed by atoms with Crippen LogP contribution in [0, 0.1) is 0 Å². The van der Waals surface area contributed by atoms with E-state index >= 15 is 0 Å². The number of aromatic nitrogens is 4. The zero-order valence-corrected chi connectivity index (χ0v) is 16.7. The van der Waals surface area contributed by atoms with E-state index in [1.807, 2.05) is 34.6 Å². The largest absolute Gasteiger partial charge is 0.444 e. The van der Waals surface area contributed by atoms with Gasteiger partial charge < -0.3 is 14.2 Å². The van der Waals surface area contributed by atoms with Gasteiger partial charge in [0.1, 0.15) is 11.3 Å². The summed E-state index contributed by atoms with van der Waals surface area (Å²) < 4.78 is 12.0. The summed E-state index contributed by atoms with van der Waals surface area (Å²) in [5.41, 5.74) is -0.291. The lowest BCUT2D eigenvalue weighted by molar-refractivity contribution is 0.0234. The molecule has 1 atom stereocenters. The average molecular weight is 377 g/mol. The summed E-state index contributed by atoms with van der Waals surface area (Å²) >= 11 is 0. The number of rotatable bonds is 6. The van der Waals surface area contributed by atoms with Crippen molar-refractivity contribution in [2.75, 3.05) is 7.05 Å². The highest BCUT2D eigenvalue weighted by molar-refractivity contribution is 5.68. The molecule has 2 heterocycles. The molecule has 0 saturated carbocycles. The van der Waals surface area contributed by atoms with E-state index in [1.165, 1.54) is 15.6 Å². The third kappa shape index (κ3) is 5.63. The molecule has 0 saturated heterocycles. The van der Waals surface area contributed by atoms with Gasteiger partial charge in [-0.2, -0.15) is 10.1 Å². The molecule has 148 valence electrons. The van der Waals surface area contributed by atoms with Crippen molar-refractivity contribution in [2.45, 2.75) is 65.6 Å². The Kier molecular flexibility index (Phi) is 6.35. The topological polar surface area (TPSA) is 103 Å². The first-order valence-electron chi connectivity index (χ1n) is 8.97. The molecule has 0 aliphatic heterocycles. The Hall–Kier alpha value is -2.71. The summed E-state index contributed by atoms with van der Waals surface area (Å²) in [6, 6.07) is 2.80. The van der Waals surface area contributed by atoms with Crippen molar-refractivity contribution in [2.24, 2.45) is 0 Å². The molecular weight excluding hydrogens is 350 g/mol. The van der Waals surface area contributed by atoms with Gasteiger partial charge >= 0.3 is 6.09 Å². The predicted molar refractivity (Wildman–Crippen MR) is 99.2 cm³/mol. The zero-order chi connectivity index (χ0) is 20.2. The monoisotopic (exact) mass is 377 g/mol. The summed E-state index contributed by atoms with van der Waals surface area (Å²) in [6.07, 6.45) is 0.778. The maximum absolute atomic E-state index is 12.1. The van der Waals surface area contributed by atoms with Gasteiger partial charge in [-0.25, -0.2) is 9.48 Å². The molecule has 2 aromatic heterocycles. The number of hydrogen-bond acceptors (Lipinski definition) is 7. The van der Waals surface area contributed by atoms with Crippen LogP contribution in [0.1, 0.15) is 46.9 Å². The Morgan fingerprint density at radius 3 is 2.70 bits per heavy atom. The van der Waals surface area contributed by atoms with E-state index < -0.39 is 11.7 Å². The first kappa shape index (κ1) is 20.6. The minimum Gasteiger partial charge on any atom is -0.444 e. The Balaban J connectivity index is 2.08. The Morgan fingerprint density at radius 1 is 1.37 bits per heavy atom. The number of nitrogens with zero attached hydrogens (tertiary/aromatic N) is 5. The van der Waals surface area contributed by atoms with Crippen molar-refractivity contribution in [3.63, 3.8) is 0 Å². The molecule has 0 unspecified atom stereocenters. The fourth-order valence-corrected chi connectivity index (χ4v) is 2.29. The summed E-state index contributed by atoms with van der Waals surface area (Å²) in [4.78, 5) is 29.7. The van der Waals surface area contributed by atoms with E-state index in [4.69, 9.17) is 9.26 Å². The molecule has 0 fully saturated rings. The van der Waals surface area contributed by atoms with E-state index in [-0.39, 0.29) is 17.5 Å². The van der Waals surface area contributed by atoms with E-state index in [1.54, 1.807) is 13.1 Å². The first-order chi connectivity index (χ1) is 12.6. The van der Waals surface area contributed by atoms with Gasteiger partial charge in [-0.15, -0.1) is 0 Å². The van der Waals surface area contributed by atoms with Crippen LogP contribution in [0.25, 0.3) is 11.6 Å². The van der Waals surface area contributed by atoms with Crippen molar-refractivity contribution in [1.82, 2.24) is 24.8 Å². The highest BCUT2D eigenvalue weighted by Crippen LogP contribution is 2.16. The van der Waals surface area contributed by atoms with Gasteiger partial charge in [0.25, 0.3) is 11.4 Å². The summed E-state index contributed by atoms with van der Waals surface area (Å²) in [5.74, 6) is 0.685. The van der Waals surface area contributed by atoms with Crippen LogP contribution < -0.4 is 5.56 Å². The maximum atomic E-state index is 12.1. The van der Waals surface area contributed by atoms with Crippen molar-refractivity contribution in [3.05, 3.63) is 28.3 Å². The molecule has 0 aliphatic carbocycles. The average Bonchev–Trinajstić information content (AvgIpc) is 3.03. The molecule has 9 heteroatoms. The van der Waals surface area contributed by atoms with Gasteiger partial charge in [0, 0.05) is 32.1 Å². The van der Waals surface area contributed by atoms with Crippen LogP contribution in [0.4, 0.5) is 4.79 Å². The standard InChI is InChI=1S/C18H27N5O4/c1-7-10-23-15(24)9-8-13(20-23)16-19-14(21-27-16)11-12(2)22(6)17(25)26-18(3,4)5/h8-9,12H,7,10-11H2,1-6H3/t12-/m1/s1. The molecule has 0 radical (unpaired) electrons. The van der Waals surface area contributed by atoms with Gasteiger partial charge in [-0.1, -0.05) is 12.1 Å². The number of carbonyl (C=O) groups excluding carboxylic acids is 1. The van der Waals surface area contributed by atoms with Crippen LogP contribution in [0.5, 0.6) is 0 Å². The highest BCUT2D eigenvalue weighted by Gasteiger charge is 2.24. The first-order valence-corrected chi connectivity index (χ1v) is 8.97. The molecule has 0 N–H and O–H groups in total. The Morgan fingerprint density at radius 2 is 2.07 bits per heavy atom. The summed E-state index contributed by atoms with van der Waals surface area (Å²) in [5, 5.41) is 8.21. The molecule has 0 aliphatic rings. The second-order valence-electron chi connectivity index (χ2n) is 7.44. The normalized spacial score (nSPS) is 12.7. The fraction of sp³-hybridized carbons (Fsp3) is 0.611. The Bertz CT molecular complexity index is 837. The lowest BCUT2D eigenvalue weighted by Crippen LogP contribution is -2.40. The van der Waals surface area contributed by atoms with E-state index in [0.717, 1.165) is 6.42 Å². The van der Waals surface area contributed by atoms with Crippen LogP contribution in [-0.2, 0) is 17.7 Å². The van der Waals surface area contributed by atoms with Crippen LogP contribution in [0.3, 0.4) is 0 Å². The number of ether oxygens (including phenoxy) is 1. The van der Waals surface area contributed by atoms with Crippen LogP contribution in [-0.4, -0.2) is 49.6 Å². The van der Waals surface area contributed by atoms with Crippen LogP contribution in [0.15, 0.2) is 21.5 Å². The third-order valence-corrected chi connectivity index (χ3v) is 3.81. The molecule has 9 nitrogen and oxygen atoms in total. The van der Waals surface area contributed by atoms with Gasteiger partial charge in [0.15, 0.2) is 5.82 Å². The minimum absolute atomic E-state index is 0.173. The quantitative estimate of drug-likeness (QED) is 0.762. The maximum Gasteiger partial charge on any atom is 0.410 e. The molecule has 0 aromatic carbocycles. The summed E-state index contributed by atoms with van der Waals surface area (Å²) in [6.45, 7) is 9.82. The number of aryl methyl sites for hydroxylation is 1. The highest BCUT2D eigenvalue weighted by atomic mass is 16.6. The number of amides is 1. The lowest BCUT2D eigenvalue weighted by atomic mass is 10.2. The smallest absolute Gasteiger partial charge is 0.410 e. The van der Waals surface area contributed by atoms with Gasteiger partial charge in [0.2, 0.25) is 0 Å². The molecular formula is C18H27N5O4. The van der Waals surface area contributed by atoms with Gasteiger partial charge in [-0.3, -0.25) is 4.79 Å².